The van der Waals surface area contributed by atoms with Crippen molar-refractivity contribution in [3.8, 4) is 5.75 Å². The molecule has 0 amide bonds. The van der Waals surface area contributed by atoms with Crippen LogP contribution in [0.15, 0.2) is 30.3 Å². The van der Waals surface area contributed by atoms with Crippen LogP contribution in [0.1, 0.15) is 56.8 Å². The van der Waals surface area contributed by atoms with E-state index in [2.05, 4.69) is 18.5 Å². The maximum atomic E-state index is 6.40. The Hall–Kier alpha value is -2.41. The maximum absolute atomic E-state index is 6.40. The van der Waals surface area contributed by atoms with Crippen LogP contribution < -0.4 is 16.3 Å². The van der Waals surface area contributed by atoms with E-state index in [1.165, 1.54) is 24.3 Å². The lowest BCUT2D eigenvalue weighted by Crippen LogP contribution is -2.31. The Morgan fingerprint density at radius 1 is 1.24 bits per heavy atom. The highest BCUT2D eigenvalue weighted by atomic mass is 16.5. The molecule has 0 aliphatic heterocycles. The molecular formula is C22H37N5O2. The van der Waals surface area contributed by atoms with Gasteiger partial charge in [0, 0.05) is 20.6 Å². The van der Waals surface area contributed by atoms with Gasteiger partial charge in [-0.25, -0.2) is 10.8 Å². The molecule has 1 aromatic rings. The molecule has 4 N–H and O–H groups in total. The molecule has 0 spiro atoms. The van der Waals surface area contributed by atoms with Gasteiger partial charge < -0.3 is 25.1 Å². The zero-order valence-electron chi connectivity index (χ0n) is 18.4. The Morgan fingerprint density at radius 2 is 1.93 bits per heavy atom. The topological polar surface area (TPSA) is 89.9 Å². The van der Waals surface area contributed by atoms with Gasteiger partial charge in [-0.3, -0.25) is 0 Å². The van der Waals surface area contributed by atoms with Crippen molar-refractivity contribution in [2.75, 3.05) is 27.2 Å². The summed E-state index contributed by atoms with van der Waals surface area (Å²) in [5, 5.41) is 1.46. The molecule has 29 heavy (non-hydrogen) atoms. The van der Waals surface area contributed by atoms with Crippen molar-refractivity contribution in [3.05, 3.63) is 41.7 Å². The lowest BCUT2D eigenvalue weighted by Gasteiger charge is -2.25. The number of pyridine rings is 1. The Bertz CT molecular complexity index is 711. The summed E-state index contributed by atoms with van der Waals surface area (Å²) in [5.74, 6) is 7.41. The summed E-state index contributed by atoms with van der Waals surface area (Å²) in [6, 6.07) is 3.82. The highest BCUT2D eigenvalue weighted by molar-refractivity contribution is 5.63. The van der Waals surface area contributed by atoms with E-state index in [1.807, 2.05) is 31.0 Å². The van der Waals surface area contributed by atoms with Crippen LogP contribution in [0.3, 0.4) is 0 Å². The SMILES string of the molecule is C=C(OC/C(=C(/N)c1ccc(OC2CCCCC2)c(C)n1)N(C)N)N(C)CCC. The molecule has 0 aromatic carbocycles. The number of nitrogens with zero attached hydrogens (tertiary/aromatic N) is 3. The molecule has 1 saturated carbocycles. The number of hydrogen-bond acceptors (Lipinski definition) is 7. The van der Waals surface area contributed by atoms with Crippen molar-refractivity contribution in [2.24, 2.45) is 11.6 Å². The second-order valence-electron chi connectivity index (χ2n) is 7.73. The van der Waals surface area contributed by atoms with E-state index in [4.69, 9.17) is 21.1 Å². The zero-order chi connectivity index (χ0) is 21.4. The number of nitrogens with two attached hydrogens (primary N) is 2. The average Bonchev–Trinajstić information content (AvgIpc) is 2.70. The standard InChI is InChI=1S/C22H37N5O2/c1-6-14-26(4)17(3)28-15-20(27(5)24)22(23)19-12-13-21(16(2)25-19)29-18-10-8-7-9-11-18/h12-13,18H,3,6-11,14-15,23-24H2,1-2,4-5H3/b22-20-. The van der Waals surface area contributed by atoms with Gasteiger partial charge in [0.2, 0.25) is 0 Å². The van der Waals surface area contributed by atoms with Crippen molar-refractivity contribution >= 4 is 5.70 Å². The molecule has 1 heterocycles. The first-order valence-electron chi connectivity index (χ1n) is 10.5. The summed E-state index contributed by atoms with van der Waals surface area (Å²) in [4.78, 5) is 6.62. The van der Waals surface area contributed by atoms with E-state index in [0.29, 0.717) is 23.0 Å². The summed E-state index contributed by atoms with van der Waals surface area (Å²) in [5.41, 5.74) is 8.99. The van der Waals surface area contributed by atoms with Crippen LogP contribution in [0.4, 0.5) is 0 Å². The first kappa shape index (κ1) is 22.9. The predicted octanol–water partition coefficient (Wildman–Crippen LogP) is 3.36. The lowest BCUT2D eigenvalue weighted by atomic mass is 9.98. The summed E-state index contributed by atoms with van der Waals surface area (Å²) in [7, 11) is 3.68. The largest absolute Gasteiger partial charge is 0.489 e. The van der Waals surface area contributed by atoms with E-state index < -0.39 is 0 Å². The minimum Gasteiger partial charge on any atom is -0.489 e. The summed E-state index contributed by atoms with van der Waals surface area (Å²) in [6.45, 7) is 9.10. The third kappa shape index (κ3) is 6.56. The molecule has 1 aromatic heterocycles. The van der Waals surface area contributed by atoms with Crippen LogP contribution in [0.25, 0.3) is 5.70 Å². The molecule has 2 rings (SSSR count). The van der Waals surface area contributed by atoms with Gasteiger partial charge in [-0.05, 0) is 57.7 Å². The van der Waals surface area contributed by atoms with Gasteiger partial charge in [0.15, 0.2) is 5.88 Å². The molecule has 162 valence electrons. The monoisotopic (exact) mass is 403 g/mol. The van der Waals surface area contributed by atoms with Gasteiger partial charge in [0.05, 0.1) is 28.9 Å². The quantitative estimate of drug-likeness (QED) is 0.352. The summed E-state index contributed by atoms with van der Waals surface area (Å²) >= 11 is 0. The van der Waals surface area contributed by atoms with E-state index in [9.17, 15) is 0 Å². The van der Waals surface area contributed by atoms with Crippen molar-refractivity contribution in [3.63, 3.8) is 0 Å². The van der Waals surface area contributed by atoms with Crippen molar-refractivity contribution < 1.29 is 9.47 Å². The first-order valence-corrected chi connectivity index (χ1v) is 10.5. The number of aryl methyl sites for hydroxylation is 1. The highest BCUT2D eigenvalue weighted by Crippen LogP contribution is 2.26. The number of hydrogen-bond donors (Lipinski definition) is 2. The number of aromatic nitrogens is 1. The van der Waals surface area contributed by atoms with Gasteiger partial charge >= 0.3 is 0 Å². The van der Waals surface area contributed by atoms with Crippen molar-refractivity contribution in [1.29, 1.82) is 0 Å². The second kappa shape index (κ2) is 11.0. The minimum absolute atomic E-state index is 0.215. The first-order chi connectivity index (χ1) is 13.8. The molecule has 7 nitrogen and oxygen atoms in total. The van der Waals surface area contributed by atoms with Crippen LogP contribution in [0, 0.1) is 6.92 Å². The molecule has 0 unspecified atom stereocenters. The van der Waals surface area contributed by atoms with Crippen LogP contribution in [0.5, 0.6) is 5.75 Å². The van der Waals surface area contributed by atoms with Crippen LogP contribution in [-0.4, -0.2) is 48.2 Å². The number of rotatable bonds is 10. The third-order valence-corrected chi connectivity index (χ3v) is 5.26. The molecule has 0 bridgehead atoms. The molecule has 7 heteroatoms. The van der Waals surface area contributed by atoms with E-state index in [1.54, 1.807) is 7.05 Å². The Kier molecular flexibility index (Phi) is 8.64. The molecule has 1 fully saturated rings. The van der Waals surface area contributed by atoms with Crippen molar-refractivity contribution in [2.45, 2.75) is 58.5 Å². The van der Waals surface area contributed by atoms with Gasteiger partial charge in [-0.1, -0.05) is 13.3 Å². The van der Waals surface area contributed by atoms with E-state index in [0.717, 1.165) is 37.3 Å². The van der Waals surface area contributed by atoms with E-state index in [-0.39, 0.29) is 12.7 Å². The van der Waals surface area contributed by atoms with Crippen LogP contribution >= 0.6 is 0 Å². The zero-order valence-corrected chi connectivity index (χ0v) is 18.4. The number of ether oxygens (including phenoxy) is 2. The van der Waals surface area contributed by atoms with Crippen molar-refractivity contribution in [1.82, 2.24) is 14.9 Å². The fraction of sp³-hybridized carbons (Fsp3) is 0.591. The van der Waals surface area contributed by atoms with E-state index >= 15 is 0 Å². The molecule has 0 radical (unpaired) electrons. The summed E-state index contributed by atoms with van der Waals surface area (Å²) < 4.78 is 12.0. The Morgan fingerprint density at radius 3 is 2.52 bits per heavy atom. The normalized spacial score (nSPS) is 15.5. The third-order valence-electron chi connectivity index (χ3n) is 5.26. The average molecular weight is 404 g/mol. The minimum atomic E-state index is 0.215. The van der Waals surface area contributed by atoms with Crippen LogP contribution in [-0.2, 0) is 4.74 Å². The Labute approximate surface area is 175 Å². The molecule has 1 aliphatic rings. The summed E-state index contributed by atoms with van der Waals surface area (Å²) in [6.07, 6.45) is 7.28. The van der Waals surface area contributed by atoms with Gasteiger partial charge in [0.1, 0.15) is 12.4 Å². The fourth-order valence-corrected chi connectivity index (χ4v) is 3.42. The van der Waals surface area contributed by atoms with Gasteiger partial charge in [0.25, 0.3) is 0 Å². The molecule has 1 aliphatic carbocycles. The number of likely N-dealkylation sites (N-methyl/N-ethyl adjacent to an activating group) is 1. The fourth-order valence-electron chi connectivity index (χ4n) is 3.42. The molecule has 0 atom stereocenters. The Balaban J connectivity index is 2.12. The smallest absolute Gasteiger partial charge is 0.182 e. The van der Waals surface area contributed by atoms with Gasteiger partial charge in [-0.2, -0.15) is 0 Å². The predicted molar refractivity (Wildman–Crippen MR) is 118 cm³/mol. The molecule has 0 saturated heterocycles. The maximum Gasteiger partial charge on any atom is 0.182 e. The molecular weight excluding hydrogens is 366 g/mol. The van der Waals surface area contributed by atoms with Crippen LogP contribution in [0.2, 0.25) is 0 Å². The second-order valence-corrected chi connectivity index (χ2v) is 7.73. The number of hydrazine groups is 1. The lowest BCUT2D eigenvalue weighted by molar-refractivity contribution is 0.132. The highest BCUT2D eigenvalue weighted by Gasteiger charge is 2.18. The van der Waals surface area contributed by atoms with Gasteiger partial charge in [-0.15, -0.1) is 0 Å².